The first kappa shape index (κ1) is 20.4. The standard InChI is InChI=1S/C22H23N5O4/c1-3-15-4-6-16(7-5-15)23-19(28)14-27-21(30)20(29)26-13-12-25(22(26)24-27)17-8-10-18(31-2)11-9-17/h4-11H,3,12-14H2,1-2H3,(H,23,28). The molecule has 0 saturated heterocycles. The summed E-state index contributed by atoms with van der Waals surface area (Å²) in [5, 5.41) is 7.06. The number of rotatable bonds is 6. The van der Waals surface area contributed by atoms with E-state index >= 15 is 0 Å². The predicted molar refractivity (Wildman–Crippen MR) is 117 cm³/mol. The number of methoxy groups -OCH3 is 1. The summed E-state index contributed by atoms with van der Waals surface area (Å²) in [7, 11) is 1.59. The van der Waals surface area contributed by atoms with Crippen LogP contribution in [0.2, 0.25) is 0 Å². The van der Waals surface area contributed by atoms with Crippen LogP contribution in [0, 0.1) is 0 Å². The van der Waals surface area contributed by atoms with Crippen molar-refractivity contribution in [1.29, 1.82) is 0 Å². The molecule has 1 aromatic heterocycles. The van der Waals surface area contributed by atoms with Gasteiger partial charge in [-0.25, -0.2) is 4.68 Å². The van der Waals surface area contributed by atoms with Crippen LogP contribution in [0.5, 0.6) is 5.75 Å². The number of nitrogens with one attached hydrogen (secondary N) is 1. The molecule has 0 unspecified atom stereocenters. The predicted octanol–water partition coefficient (Wildman–Crippen LogP) is 1.77. The Morgan fingerprint density at radius 1 is 1.03 bits per heavy atom. The van der Waals surface area contributed by atoms with E-state index in [1.165, 1.54) is 4.57 Å². The monoisotopic (exact) mass is 421 g/mol. The average Bonchev–Trinajstić information content (AvgIpc) is 3.21. The molecule has 0 bridgehead atoms. The van der Waals surface area contributed by atoms with Gasteiger partial charge in [0.1, 0.15) is 12.3 Å². The Morgan fingerprint density at radius 2 is 1.74 bits per heavy atom. The van der Waals surface area contributed by atoms with Crippen LogP contribution in [0.1, 0.15) is 12.5 Å². The van der Waals surface area contributed by atoms with Crippen molar-refractivity contribution < 1.29 is 9.53 Å². The molecule has 31 heavy (non-hydrogen) atoms. The van der Waals surface area contributed by atoms with Gasteiger partial charge in [0.15, 0.2) is 0 Å². The lowest BCUT2D eigenvalue weighted by molar-refractivity contribution is -0.117. The number of anilines is 3. The van der Waals surface area contributed by atoms with Gasteiger partial charge >= 0.3 is 11.1 Å². The van der Waals surface area contributed by atoms with Crippen LogP contribution in [0.3, 0.4) is 0 Å². The topological polar surface area (TPSA) is 98.5 Å². The summed E-state index contributed by atoms with van der Waals surface area (Å²) in [6, 6.07) is 14.8. The Kier molecular flexibility index (Phi) is 5.57. The fourth-order valence-electron chi connectivity index (χ4n) is 3.50. The molecule has 4 rings (SSSR count). The normalized spacial score (nSPS) is 12.5. The molecule has 1 aliphatic heterocycles. The number of hydrogen-bond donors (Lipinski definition) is 1. The van der Waals surface area contributed by atoms with Gasteiger partial charge in [-0.2, -0.15) is 0 Å². The van der Waals surface area contributed by atoms with Crippen molar-refractivity contribution in [3.8, 4) is 5.75 Å². The maximum atomic E-state index is 12.6. The van der Waals surface area contributed by atoms with Crippen LogP contribution < -0.4 is 26.1 Å². The summed E-state index contributed by atoms with van der Waals surface area (Å²) in [5.74, 6) is 0.606. The van der Waals surface area contributed by atoms with Gasteiger partial charge in [0.05, 0.1) is 7.11 Å². The second kappa shape index (κ2) is 8.47. The highest BCUT2D eigenvalue weighted by Gasteiger charge is 2.26. The van der Waals surface area contributed by atoms with Gasteiger partial charge in [-0.1, -0.05) is 19.1 Å². The Balaban J connectivity index is 1.59. The van der Waals surface area contributed by atoms with Crippen LogP contribution in [0.25, 0.3) is 0 Å². The fourth-order valence-corrected chi connectivity index (χ4v) is 3.50. The van der Waals surface area contributed by atoms with Gasteiger partial charge in [-0.05, 0) is 48.4 Å². The lowest BCUT2D eigenvalue weighted by Gasteiger charge is -2.18. The van der Waals surface area contributed by atoms with Crippen LogP contribution in [-0.4, -0.2) is 33.9 Å². The van der Waals surface area contributed by atoms with Crippen molar-refractivity contribution in [2.75, 3.05) is 23.9 Å². The Morgan fingerprint density at radius 3 is 2.39 bits per heavy atom. The van der Waals surface area contributed by atoms with E-state index in [0.717, 1.165) is 22.4 Å². The zero-order chi connectivity index (χ0) is 22.0. The van der Waals surface area contributed by atoms with Crippen molar-refractivity contribution in [3.63, 3.8) is 0 Å². The minimum absolute atomic E-state index is 0.329. The summed E-state index contributed by atoms with van der Waals surface area (Å²) in [6.07, 6.45) is 0.900. The molecular weight excluding hydrogens is 398 g/mol. The van der Waals surface area contributed by atoms with E-state index in [4.69, 9.17) is 4.74 Å². The zero-order valence-electron chi connectivity index (χ0n) is 17.4. The maximum absolute atomic E-state index is 12.6. The quantitative estimate of drug-likeness (QED) is 0.609. The summed E-state index contributed by atoms with van der Waals surface area (Å²) in [6.45, 7) is 2.54. The number of aromatic nitrogens is 3. The third kappa shape index (κ3) is 4.07. The summed E-state index contributed by atoms with van der Waals surface area (Å²) in [5.41, 5.74) is 1.07. The van der Waals surface area contributed by atoms with Gasteiger partial charge in [0.25, 0.3) is 0 Å². The molecule has 0 radical (unpaired) electrons. The maximum Gasteiger partial charge on any atom is 0.333 e. The van der Waals surface area contributed by atoms with Crippen molar-refractivity contribution in [3.05, 3.63) is 74.8 Å². The molecular formula is C22H23N5O4. The van der Waals surface area contributed by atoms with Crippen LogP contribution in [-0.2, 0) is 24.3 Å². The lowest BCUT2D eigenvalue weighted by Crippen LogP contribution is -2.44. The Labute approximate surface area is 178 Å². The molecule has 1 aliphatic rings. The molecule has 0 atom stereocenters. The van der Waals surface area contributed by atoms with Crippen LogP contribution >= 0.6 is 0 Å². The molecule has 0 saturated carbocycles. The van der Waals surface area contributed by atoms with Crippen molar-refractivity contribution in [1.82, 2.24) is 14.3 Å². The van der Waals surface area contributed by atoms with E-state index in [9.17, 15) is 14.4 Å². The number of nitrogens with zero attached hydrogens (tertiary/aromatic N) is 4. The molecule has 1 amide bonds. The van der Waals surface area contributed by atoms with Crippen molar-refractivity contribution in [2.45, 2.75) is 26.4 Å². The fraction of sp³-hybridized carbons (Fsp3) is 0.273. The van der Waals surface area contributed by atoms with Crippen LogP contribution in [0.4, 0.5) is 17.3 Å². The van der Waals surface area contributed by atoms with Gasteiger partial charge < -0.3 is 15.0 Å². The van der Waals surface area contributed by atoms with Gasteiger partial charge in [-0.3, -0.25) is 19.0 Å². The highest BCUT2D eigenvalue weighted by molar-refractivity contribution is 5.90. The SMILES string of the molecule is CCc1ccc(NC(=O)Cn2nc3n(c(=O)c2=O)CCN3c2ccc(OC)cc2)cc1. The number of benzene rings is 2. The van der Waals surface area contributed by atoms with E-state index in [2.05, 4.69) is 10.4 Å². The molecule has 0 aliphatic carbocycles. The first-order valence-corrected chi connectivity index (χ1v) is 10.0. The number of hydrogen-bond acceptors (Lipinski definition) is 6. The van der Waals surface area contributed by atoms with Crippen molar-refractivity contribution in [2.24, 2.45) is 0 Å². The number of carbonyl (C=O) groups is 1. The minimum atomic E-state index is -0.822. The second-order valence-electron chi connectivity index (χ2n) is 7.17. The molecule has 2 aromatic carbocycles. The molecule has 160 valence electrons. The largest absolute Gasteiger partial charge is 0.497 e. The first-order valence-electron chi connectivity index (χ1n) is 10.0. The Bertz CT molecular complexity index is 1210. The molecule has 9 nitrogen and oxygen atoms in total. The highest BCUT2D eigenvalue weighted by Crippen LogP contribution is 2.27. The van der Waals surface area contributed by atoms with E-state index in [-0.39, 0.29) is 6.54 Å². The number of fused-ring (bicyclic) bond motifs is 1. The van der Waals surface area contributed by atoms with E-state index in [0.29, 0.717) is 30.5 Å². The summed E-state index contributed by atoms with van der Waals surface area (Å²) < 4.78 is 7.44. The van der Waals surface area contributed by atoms with Gasteiger partial charge in [0.2, 0.25) is 11.9 Å². The highest BCUT2D eigenvalue weighted by atomic mass is 16.5. The second-order valence-corrected chi connectivity index (χ2v) is 7.17. The van der Waals surface area contributed by atoms with E-state index in [1.54, 1.807) is 19.2 Å². The molecule has 3 aromatic rings. The third-order valence-corrected chi connectivity index (χ3v) is 5.23. The molecule has 0 spiro atoms. The molecule has 1 N–H and O–H groups in total. The molecule has 2 heterocycles. The Hall–Kier alpha value is -3.88. The van der Waals surface area contributed by atoms with Crippen LogP contribution in [0.15, 0.2) is 58.1 Å². The zero-order valence-corrected chi connectivity index (χ0v) is 17.4. The number of amides is 1. The third-order valence-electron chi connectivity index (χ3n) is 5.23. The smallest absolute Gasteiger partial charge is 0.333 e. The van der Waals surface area contributed by atoms with E-state index < -0.39 is 17.0 Å². The number of ether oxygens (including phenoxy) is 1. The van der Waals surface area contributed by atoms with Crippen molar-refractivity contribution >= 4 is 23.2 Å². The van der Waals surface area contributed by atoms with Gasteiger partial charge in [-0.15, -0.1) is 5.10 Å². The number of aryl methyl sites for hydroxylation is 1. The lowest BCUT2D eigenvalue weighted by atomic mass is 10.1. The molecule has 9 heteroatoms. The van der Waals surface area contributed by atoms with Gasteiger partial charge in [0, 0.05) is 24.5 Å². The molecule has 0 fully saturated rings. The summed E-state index contributed by atoms with van der Waals surface area (Å²) >= 11 is 0. The number of carbonyl (C=O) groups excluding carboxylic acids is 1. The van der Waals surface area contributed by atoms with E-state index in [1.807, 2.05) is 48.2 Å². The minimum Gasteiger partial charge on any atom is -0.497 e. The summed E-state index contributed by atoms with van der Waals surface area (Å²) in [4.78, 5) is 39.4. The first-order chi connectivity index (χ1) is 15.0. The average molecular weight is 421 g/mol.